The van der Waals surface area contributed by atoms with Crippen LogP contribution in [-0.2, 0) is 4.74 Å². The fourth-order valence-corrected chi connectivity index (χ4v) is 2.51. The first-order valence-electron chi connectivity index (χ1n) is 8.00. The van der Waals surface area contributed by atoms with Crippen molar-refractivity contribution >= 4 is 17.5 Å². The summed E-state index contributed by atoms with van der Waals surface area (Å²) in [4.78, 5) is 12.0. The number of carbonyl (C=O) groups is 1. The van der Waals surface area contributed by atoms with E-state index in [0.717, 1.165) is 37.3 Å². The first-order chi connectivity index (χ1) is 10.4. The van der Waals surface area contributed by atoms with Gasteiger partial charge in [0, 0.05) is 6.04 Å². The second-order valence-corrected chi connectivity index (χ2v) is 6.69. The third kappa shape index (κ3) is 5.56. The highest BCUT2D eigenvalue weighted by Crippen LogP contribution is 2.24. The van der Waals surface area contributed by atoms with E-state index in [9.17, 15) is 4.79 Å². The van der Waals surface area contributed by atoms with Gasteiger partial charge in [0.2, 0.25) is 0 Å². The lowest BCUT2D eigenvalue weighted by Gasteiger charge is -2.22. The summed E-state index contributed by atoms with van der Waals surface area (Å²) < 4.78 is 5.32. The monoisotopic (exact) mass is 305 g/mol. The van der Waals surface area contributed by atoms with Crippen LogP contribution in [0.1, 0.15) is 40.0 Å². The van der Waals surface area contributed by atoms with Gasteiger partial charge >= 0.3 is 6.09 Å². The molecule has 5 nitrogen and oxygen atoms in total. The highest BCUT2D eigenvalue weighted by molar-refractivity contribution is 5.89. The van der Waals surface area contributed by atoms with Gasteiger partial charge < -0.3 is 15.4 Å². The van der Waals surface area contributed by atoms with E-state index in [0.29, 0.717) is 6.04 Å². The summed E-state index contributed by atoms with van der Waals surface area (Å²) in [5, 5.41) is 9.79. The number of carbonyl (C=O) groups excluding carboxylic acids is 1. The molecule has 5 heteroatoms. The molecular formula is C17H27N3O2. The predicted molar refractivity (Wildman–Crippen MR) is 90.4 cm³/mol. The molecule has 22 heavy (non-hydrogen) atoms. The Hall–Kier alpha value is -1.75. The molecule has 1 amide bonds. The quantitative estimate of drug-likeness (QED) is 0.798. The molecule has 2 rings (SSSR count). The summed E-state index contributed by atoms with van der Waals surface area (Å²) in [6.45, 7) is 7.68. The lowest BCUT2D eigenvalue weighted by molar-refractivity contribution is 0.0636. The average Bonchev–Trinajstić information content (AvgIpc) is 2.67. The molecule has 1 aromatic carbocycles. The SMILES string of the molecule is CC(C)(C)OC(=O)Nc1ccccc1NC1CCCNCC1. The number of para-hydroxylation sites is 2. The third-order valence-electron chi connectivity index (χ3n) is 3.50. The van der Waals surface area contributed by atoms with Crippen molar-refractivity contribution in [1.29, 1.82) is 0 Å². The van der Waals surface area contributed by atoms with Gasteiger partial charge in [-0.25, -0.2) is 4.79 Å². The molecule has 0 aromatic heterocycles. The van der Waals surface area contributed by atoms with E-state index < -0.39 is 11.7 Å². The fraction of sp³-hybridized carbons (Fsp3) is 0.588. The minimum Gasteiger partial charge on any atom is -0.444 e. The molecule has 1 aliphatic heterocycles. The van der Waals surface area contributed by atoms with Crippen LogP contribution in [0.3, 0.4) is 0 Å². The number of hydrogen-bond donors (Lipinski definition) is 3. The summed E-state index contributed by atoms with van der Waals surface area (Å²) in [6.07, 6.45) is 2.96. The number of ether oxygens (including phenoxy) is 1. The second kappa shape index (κ2) is 7.49. The third-order valence-corrected chi connectivity index (χ3v) is 3.50. The van der Waals surface area contributed by atoms with E-state index in [1.807, 2.05) is 45.0 Å². The minimum absolute atomic E-state index is 0.427. The molecule has 1 fully saturated rings. The number of benzene rings is 1. The molecule has 0 aliphatic carbocycles. The van der Waals surface area contributed by atoms with Gasteiger partial charge in [-0.15, -0.1) is 0 Å². The van der Waals surface area contributed by atoms with Gasteiger partial charge in [-0.1, -0.05) is 12.1 Å². The molecule has 1 saturated heterocycles. The Balaban J connectivity index is 2.01. The lowest BCUT2D eigenvalue weighted by atomic mass is 10.1. The van der Waals surface area contributed by atoms with Gasteiger partial charge in [0.1, 0.15) is 5.60 Å². The molecule has 1 aliphatic rings. The number of amides is 1. The van der Waals surface area contributed by atoms with E-state index in [4.69, 9.17) is 4.74 Å². The number of hydrogen-bond acceptors (Lipinski definition) is 4. The molecule has 1 unspecified atom stereocenters. The topological polar surface area (TPSA) is 62.4 Å². The van der Waals surface area contributed by atoms with Gasteiger partial charge in [-0.3, -0.25) is 5.32 Å². The van der Waals surface area contributed by atoms with Gasteiger partial charge in [0.05, 0.1) is 11.4 Å². The highest BCUT2D eigenvalue weighted by Gasteiger charge is 2.18. The van der Waals surface area contributed by atoms with Crippen molar-refractivity contribution in [3.05, 3.63) is 24.3 Å². The molecule has 0 radical (unpaired) electrons. The second-order valence-electron chi connectivity index (χ2n) is 6.69. The smallest absolute Gasteiger partial charge is 0.412 e. The van der Waals surface area contributed by atoms with Crippen LogP contribution < -0.4 is 16.0 Å². The van der Waals surface area contributed by atoms with Crippen molar-refractivity contribution in [2.24, 2.45) is 0 Å². The average molecular weight is 305 g/mol. The predicted octanol–water partition coefficient (Wildman–Crippen LogP) is 3.59. The van der Waals surface area contributed by atoms with Crippen LogP contribution in [0.4, 0.5) is 16.2 Å². The molecule has 3 N–H and O–H groups in total. The van der Waals surface area contributed by atoms with E-state index >= 15 is 0 Å². The van der Waals surface area contributed by atoms with Gasteiger partial charge in [-0.05, 0) is 65.3 Å². The summed E-state index contributed by atoms with van der Waals surface area (Å²) in [6, 6.07) is 8.19. The van der Waals surface area contributed by atoms with Crippen LogP contribution >= 0.6 is 0 Å². The van der Waals surface area contributed by atoms with E-state index in [-0.39, 0.29) is 0 Å². The first kappa shape index (κ1) is 16.6. The molecule has 122 valence electrons. The standard InChI is InChI=1S/C17H27N3O2/c1-17(2,3)22-16(21)20-15-9-5-4-8-14(15)19-13-7-6-11-18-12-10-13/h4-5,8-9,13,18-19H,6-7,10-12H2,1-3H3,(H,20,21). The van der Waals surface area contributed by atoms with Crippen molar-refractivity contribution in [3.8, 4) is 0 Å². The number of rotatable bonds is 3. The van der Waals surface area contributed by atoms with Crippen LogP contribution in [0.2, 0.25) is 0 Å². The maximum Gasteiger partial charge on any atom is 0.412 e. The van der Waals surface area contributed by atoms with Crippen molar-refractivity contribution in [1.82, 2.24) is 5.32 Å². The number of anilines is 2. The van der Waals surface area contributed by atoms with Crippen LogP contribution in [0.25, 0.3) is 0 Å². The van der Waals surface area contributed by atoms with E-state index in [1.54, 1.807) is 0 Å². The largest absolute Gasteiger partial charge is 0.444 e. The minimum atomic E-state index is -0.501. The summed E-state index contributed by atoms with van der Waals surface area (Å²) in [7, 11) is 0. The molecule has 1 atom stereocenters. The van der Waals surface area contributed by atoms with Gasteiger partial charge in [-0.2, -0.15) is 0 Å². The fourth-order valence-electron chi connectivity index (χ4n) is 2.51. The lowest BCUT2D eigenvalue weighted by Crippen LogP contribution is -2.28. The molecule has 1 aromatic rings. The van der Waals surface area contributed by atoms with Crippen molar-refractivity contribution < 1.29 is 9.53 Å². The maximum absolute atomic E-state index is 12.0. The Labute approximate surface area is 132 Å². The van der Waals surface area contributed by atoms with Crippen molar-refractivity contribution in [2.75, 3.05) is 23.7 Å². The van der Waals surface area contributed by atoms with Crippen LogP contribution in [0.5, 0.6) is 0 Å². The molecule has 1 heterocycles. The number of nitrogens with one attached hydrogen (secondary N) is 3. The summed E-state index contributed by atoms with van der Waals surface area (Å²) >= 11 is 0. The van der Waals surface area contributed by atoms with E-state index in [1.165, 1.54) is 6.42 Å². The zero-order chi connectivity index (χ0) is 16.0. The maximum atomic E-state index is 12.0. The van der Waals surface area contributed by atoms with Gasteiger partial charge in [0.25, 0.3) is 0 Å². The van der Waals surface area contributed by atoms with E-state index in [2.05, 4.69) is 16.0 Å². The molecule has 0 saturated carbocycles. The zero-order valence-corrected chi connectivity index (χ0v) is 13.7. The Kier molecular flexibility index (Phi) is 5.66. The van der Waals surface area contributed by atoms with Crippen LogP contribution in [0.15, 0.2) is 24.3 Å². The Morgan fingerprint density at radius 1 is 1.18 bits per heavy atom. The first-order valence-corrected chi connectivity index (χ1v) is 8.00. The van der Waals surface area contributed by atoms with Crippen LogP contribution in [-0.4, -0.2) is 30.8 Å². The Morgan fingerprint density at radius 3 is 2.64 bits per heavy atom. The van der Waals surface area contributed by atoms with Crippen molar-refractivity contribution in [2.45, 2.75) is 51.7 Å². The molecular weight excluding hydrogens is 278 g/mol. The Morgan fingerprint density at radius 2 is 1.91 bits per heavy atom. The normalized spacial score (nSPS) is 19.1. The van der Waals surface area contributed by atoms with Gasteiger partial charge in [0.15, 0.2) is 0 Å². The zero-order valence-electron chi connectivity index (χ0n) is 13.7. The highest BCUT2D eigenvalue weighted by atomic mass is 16.6. The van der Waals surface area contributed by atoms with Crippen LogP contribution in [0, 0.1) is 0 Å². The van der Waals surface area contributed by atoms with Crippen molar-refractivity contribution in [3.63, 3.8) is 0 Å². The Bertz CT molecular complexity index is 489. The summed E-state index contributed by atoms with van der Waals surface area (Å²) in [5.74, 6) is 0. The molecule has 0 bridgehead atoms. The summed E-state index contributed by atoms with van der Waals surface area (Å²) in [5.41, 5.74) is 1.20. The molecule has 0 spiro atoms.